The van der Waals surface area contributed by atoms with Gasteiger partial charge in [-0.25, -0.2) is 9.78 Å². The molecule has 0 saturated carbocycles. The van der Waals surface area contributed by atoms with Crippen LogP contribution in [0.25, 0.3) is 16.6 Å². The van der Waals surface area contributed by atoms with Gasteiger partial charge in [0, 0.05) is 18.2 Å². The van der Waals surface area contributed by atoms with E-state index in [4.69, 9.17) is 14.8 Å². The number of benzene rings is 2. The van der Waals surface area contributed by atoms with Crippen molar-refractivity contribution in [1.29, 1.82) is 0 Å². The summed E-state index contributed by atoms with van der Waals surface area (Å²) in [5.41, 5.74) is 3.79. The van der Waals surface area contributed by atoms with Gasteiger partial charge < -0.3 is 24.7 Å². The fourth-order valence-corrected chi connectivity index (χ4v) is 3.52. The molecule has 0 aliphatic rings. The van der Waals surface area contributed by atoms with E-state index in [2.05, 4.69) is 9.72 Å². The molecule has 0 fully saturated rings. The van der Waals surface area contributed by atoms with Gasteiger partial charge in [-0.3, -0.25) is 9.59 Å². The van der Waals surface area contributed by atoms with Crippen LogP contribution in [-0.4, -0.2) is 43.5 Å². The van der Waals surface area contributed by atoms with Gasteiger partial charge in [-0.1, -0.05) is 12.1 Å². The maximum Gasteiger partial charge on any atom is 0.326 e. The van der Waals surface area contributed by atoms with Crippen molar-refractivity contribution >= 4 is 34.4 Å². The number of carbonyl (C=O) groups is 3. The molecular formula is C24H21N3O6. The Balaban J connectivity index is 1.43. The SMILES string of the molecule is O=C(O)CCC(NC(=O)c1ccc(OCc2nc3ccccc3n3cccc23)cc1)C(=O)O. The van der Waals surface area contributed by atoms with Gasteiger partial charge in [0.2, 0.25) is 0 Å². The summed E-state index contributed by atoms with van der Waals surface area (Å²) in [6.45, 7) is 0.222. The molecule has 4 aromatic rings. The van der Waals surface area contributed by atoms with Crippen LogP contribution in [0.4, 0.5) is 0 Å². The van der Waals surface area contributed by atoms with Crippen molar-refractivity contribution in [2.24, 2.45) is 0 Å². The first kappa shape index (κ1) is 21.8. The zero-order valence-corrected chi connectivity index (χ0v) is 17.5. The molecule has 2 aromatic carbocycles. The normalized spacial score (nSPS) is 11.9. The van der Waals surface area contributed by atoms with E-state index in [9.17, 15) is 19.5 Å². The van der Waals surface area contributed by atoms with E-state index < -0.39 is 23.9 Å². The summed E-state index contributed by atoms with van der Waals surface area (Å²) in [7, 11) is 0. The van der Waals surface area contributed by atoms with Gasteiger partial charge in [-0.05, 0) is 55.0 Å². The number of carbonyl (C=O) groups excluding carboxylic acids is 1. The lowest BCUT2D eigenvalue weighted by atomic mass is 10.1. The van der Waals surface area contributed by atoms with Crippen LogP contribution in [0.1, 0.15) is 28.9 Å². The number of hydrogen-bond acceptors (Lipinski definition) is 5. The van der Waals surface area contributed by atoms with Crippen LogP contribution in [0.2, 0.25) is 0 Å². The van der Waals surface area contributed by atoms with Crippen LogP contribution < -0.4 is 10.1 Å². The van der Waals surface area contributed by atoms with Gasteiger partial charge in [0.1, 0.15) is 24.1 Å². The second-order valence-corrected chi connectivity index (χ2v) is 7.42. The summed E-state index contributed by atoms with van der Waals surface area (Å²) in [4.78, 5) is 39.0. The molecule has 3 N–H and O–H groups in total. The Bertz CT molecular complexity index is 1330. The van der Waals surface area contributed by atoms with Crippen LogP contribution in [0.15, 0.2) is 66.9 Å². The summed E-state index contributed by atoms with van der Waals surface area (Å²) < 4.78 is 7.92. The average molecular weight is 447 g/mol. The molecule has 1 unspecified atom stereocenters. The molecule has 9 nitrogen and oxygen atoms in total. The molecule has 1 amide bonds. The molecule has 0 aliphatic carbocycles. The van der Waals surface area contributed by atoms with Crippen molar-refractivity contribution in [3.8, 4) is 5.75 Å². The van der Waals surface area contributed by atoms with Crippen LogP contribution >= 0.6 is 0 Å². The topological polar surface area (TPSA) is 130 Å². The average Bonchev–Trinajstić information content (AvgIpc) is 3.30. The summed E-state index contributed by atoms with van der Waals surface area (Å²) in [5, 5.41) is 20.3. The van der Waals surface area contributed by atoms with Crippen molar-refractivity contribution < 1.29 is 29.3 Å². The summed E-state index contributed by atoms with van der Waals surface area (Å²) in [5.74, 6) is -2.50. The Labute approximate surface area is 188 Å². The van der Waals surface area contributed by atoms with E-state index in [0.29, 0.717) is 5.75 Å². The monoisotopic (exact) mass is 447 g/mol. The fourth-order valence-electron chi connectivity index (χ4n) is 3.52. The Morgan fingerprint density at radius 3 is 2.42 bits per heavy atom. The minimum Gasteiger partial charge on any atom is -0.487 e. The van der Waals surface area contributed by atoms with Gasteiger partial charge in [0.15, 0.2) is 0 Å². The number of nitrogens with one attached hydrogen (secondary N) is 1. The van der Waals surface area contributed by atoms with Crippen LogP contribution in [0.3, 0.4) is 0 Å². The number of ether oxygens (including phenoxy) is 1. The first-order chi connectivity index (χ1) is 15.9. The van der Waals surface area contributed by atoms with E-state index in [1.807, 2.05) is 42.6 Å². The predicted octanol–water partition coefficient (Wildman–Crippen LogP) is 3.11. The van der Waals surface area contributed by atoms with Gasteiger partial charge >= 0.3 is 11.9 Å². The molecule has 0 aliphatic heterocycles. The smallest absolute Gasteiger partial charge is 0.326 e. The number of aromatic nitrogens is 2. The Hall–Kier alpha value is -4.40. The second-order valence-electron chi connectivity index (χ2n) is 7.42. The number of nitrogens with zero attached hydrogens (tertiary/aromatic N) is 2. The quantitative estimate of drug-likeness (QED) is 0.359. The molecule has 0 radical (unpaired) electrons. The Kier molecular flexibility index (Phi) is 6.21. The molecule has 9 heteroatoms. The number of fused-ring (bicyclic) bond motifs is 3. The lowest BCUT2D eigenvalue weighted by Crippen LogP contribution is -2.41. The molecule has 1 atom stereocenters. The fraction of sp³-hybridized carbons (Fsp3) is 0.167. The van der Waals surface area contributed by atoms with E-state index >= 15 is 0 Å². The minimum atomic E-state index is -1.29. The minimum absolute atomic E-state index is 0.204. The van der Waals surface area contributed by atoms with Crippen molar-refractivity contribution in [3.05, 3.63) is 78.1 Å². The Morgan fingerprint density at radius 1 is 0.970 bits per heavy atom. The van der Waals surface area contributed by atoms with Gasteiger partial charge in [-0.2, -0.15) is 0 Å². The zero-order valence-electron chi connectivity index (χ0n) is 17.5. The van der Waals surface area contributed by atoms with E-state index in [-0.39, 0.29) is 25.0 Å². The second kappa shape index (κ2) is 9.39. The van der Waals surface area contributed by atoms with E-state index in [1.54, 1.807) is 12.1 Å². The molecule has 33 heavy (non-hydrogen) atoms. The predicted molar refractivity (Wildman–Crippen MR) is 119 cm³/mol. The number of aliphatic carboxylic acids is 2. The lowest BCUT2D eigenvalue weighted by molar-refractivity contribution is -0.140. The number of rotatable bonds is 9. The standard InChI is InChI=1S/C24H21N3O6/c28-22(29)12-11-18(24(31)32)26-23(30)15-7-9-16(10-8-15)33-14-19-21-6-3-13-27(21)20-5-2-1-4-17(20)25-19/h1-10,13,18H,11-12,14H2,(H,26,30)(H,28,29)(H,31,32). The van der Waals surface area contributed by atoms with Crippen molar-refractivity contribution in [2.75, 3.05) is 0 Å². The van der Waals surface area contributed by atoms with Crippen LogP contribution in [-0.2, 0) is 16.2 Å². The van der Waals surface area contributed by atoms with E-state index in [1.165, 1.54) is 12.1 Å². The lowest BCUT2D eigenvalue weighted by Gasteiger charge is -2.14. The third-order valence-electron chi connectivity index (χ3n) is 5.18. The molecule has 0 spiro atoms. The largest absolute Gasteiger partial charge is 0.487 e. The third-order valence-corrected chi connectivity index (χ3v) is 5.18. The first-order valence-corrected chi connectivity index (χ1v) is 10.3. The van der Waals surface area contributed by atoms with Gasteiger partial charge in [0.25, 0.3) is 5.91 Å². The molecule has 2 aromatic heterocycles. The number of hydrogen-bond donors (Lipinski definition) is 3. The highest BCUT2D eigenvalue weighted by atomic mass is 16.5. The molecule has 4 rings (SSSR count). The molecule has 168 valence electrons. The molecular weight excluding hydrogens is 426 g/mol. The van der Waals surface area contributed by atoms with Crippen molar-refractivity contribution in [2.45, 2.75) is 25.5 Å². The Morgan fingerprint density at radius 2 is 1.70 bits per heavy atom. The van der Waals surface area contributed by atoms with Gasteiger partial charge in [-0.15, -0.1) is 0 Å². The summed E-state index contributed by atoms with van der Waals surface area (Å²) in [6, 6.07) is 16.7. The summed E-state index contributed by atoms with van der Waals surface area (Å²) in [6.07, 6.45) is 1.41. The maximum atomic E-state index is 12.4. The number of carboxylic acids is 2. The maximum absolute atomic E-state index is 12.4. The highest BCUT2D eigenvalue weighted by molar-refractivity contribution is 5.96. The highest BCUT2D eigenvalue weighted by Crippen LogP contribution is 2.21. The first-order valence-electron chi connectivity index (χ1n) is 10.3. The molecule has 0 saturated heterocycles. The zero-order chi connectivity index (χ0) is 23.4. The van der Waals surface area contributed by atoms with Gasteiger partial charge in [0.05, 0.1) is 16.6 Å². The number of amides is 1. The highest BCUT2D eigenvalue weighted by Gasteiger charge is 2.21. The van der Waals surface area contributed by atoms with Crippen molar-refractivity contribution in [1.82, 2.24) is 14.7 Å². The molecule has 0 bridgehead atoms. The van der Waals surface area contributed by atoms with Crippen LogP contribution in [0, 0.1) is 0 Å². The molecule has 2 heterocycles. The van der Waals surface area contributed by atoms with E-state index in [0.717, 1.165) is 22.2 Å². The van der Waals surface area contributed by atoms with Crippen LogP contribution in [0.5, 0.6) is 5.75 Å². The third kappa shape index (κ3) is 4.93. The number of para-hydroxylation sites is 2. The number of carboxylic acid groups (broad SMARTS) is 2. The van der Waals surface area contributed by atoms with Crippen molar-refractivity contribution in [3.63, 3.8) is 0 Å². The summed E-state index contributed by atoms with van der Waals surface area (Å²) >= 11 is 0.